The molecule has 0 spiro atoms. The zero-order valence-corrected chi connectivity index (χ0v) is 12.2. The van der Waals surface area contributed by atoms with Crippen LogP contribution in [0.15, 0.2) is 47.8 Å². The van der Waals surface area contributed by atoms with Gasteiger partial charge in [0.1, 0.15) is 16.5 Å². The number of aromatic nitrogens is 1. The van der Waals surface area contributed by atoms with E-state index in [1.54, 1.807) is 24.3 Å². The zero-order chi connectivity index (χ0) is 15.7. The molecule has 0 unspecified atom stereocenters. The summed E-state index contributed by atoms with van der Waals surface area (Å²) < 4.78 is 0. The number of carbonyl (C=O) groups excluding carboxylic acids is 1. The SMILES string of the molecule is NC(=O)c1cc(-c2csc(-c3ccccc3O)n2)ccc1O. The van der Waals surface area contributed by atoms with Crippen LogP contribution in [0.4, 0.5) is 0 Å². The topological polar surface area (TPSA) is 96.4 Å². The van der Waals surface area contributed by atoms with E-state index < -0.39 is 5.91 Å². The molecule has 4 N–H and O–H groups in total. The van der Waals surface area contributed by atoms with Crippen molar-refractivity contribution in [1.82, 2.24) is 4.98 Å². The second kappa shape index (κ2) is 5.50. The van der Waals surface area contributed by atoms with Gasteiger partial charge in [-0.2, -0.15) is 0 Å². The van der Waals surface area contributed by atoms with Crippen molar-refractivity contribution in [3.63, 3.8) is 0 Å². The van der Waals surface area contributed by atoms with Gasteiger partial charge in [0, 0.05) is 10.9 Å². The van der Waals surface area contributed by atoms with Gasteiger partial charge in [0.05, 0.1) is 16.8 Å². The molecule has 2 aromatic carbocycles. The van der Waals surface area contributed by atoms with E-state index in [1.807, 2.05) is 11.4 Å². The maximum absolute atomic E-state index is 11.3. The number of phenolic OH excluding ortho intramolecular Hbond substituents is 1. The van der Waals surface area contributed by atoms with Gasteiger partial charge in [0.25, 0.3) is 5.91 Å². The summed E-state index contributed by atoms with van der Waals surface area (Å²) in [4.78, 5) is 15.8. The lowest BCUT2D eigenvalue weighted by Crippen LogP contribution is -2.11. The summed E-state index contributed by atoms with van der Waals surface area (Å²) in [5.41, 5.74) is 7.24. The van der Waals surface area contributed by atoms with Gasteiger partial charge in [-0.1, -0.05) is 12.1 Å². The fraction of sp³-hybridized carbons (Fsp3) is 0. The third-order valence-corrected chi connectivity index (χ3v) is 4.07. The summed E-state index contributed by atoms with van der Waals surface area (Å²) in [5.74, 6) is -0.699. The molecule has 6 heteroatoms. The summed E-state index contributed by atoms with van der Waals surface area (Å²) in [5, 5.41) is 22.0. The maximum atomic E-state index is 11.3. The van der Waals surface area contributed by atoms with Gasteiger partial charge in [0.15, 0.2) is 0 Å². The Kier molecular flexibility index (Phi) is 3.52. The second-order valence-electron chi connectivity index (χ2n) is 4.65. The molecular weight excluding hydrogens is 300 g/mol. The predicted molar refractivity (Wildman–Crippen MR) is 84.8 cm³/mol. The lowest BCUT2D eigenvalue weighted by molar-refractivity contribution is 0.0998. The highest BCUT2D eigenvalue weighted by Gasteiger charge is 2.13. The first-order valence-electron chi connectivity index (χ1n) is 6.43. The van der Waals surface area contributed by atoms with Gasteiger partial charge < -0.3 is 15.9 Å². The van der Waals surface area contributed by atoms with E-state index in [2.05, 4.69) is 4.98 Å². The van der Waals surface area contributed by atoms with Crippen LogP contribution in [0, 0.1) is 0 Å². The molecule has 1 aromatic heterocycles. The van der Waals surface area contributed by atoms with Crippen LogP contribution < -0.4 is 5.73 Å². The lowest BCUT2D eigenvalue weighted by atomic mass is 10.1. The number of aromatic hydroxyl groups is 2. The van der Waals surface area contributed by atoms with E-state index in [9.17, 15) is 15.0 Å². The first-order chi connectivity index (χ1) is 10.6. The van der Waals surface area contributed by atoms with Crippen LogP contribution >= 0.6 is 11.3 Å². The standard InChI is InChI=1S/C16H12N2O3S/c17-15(21)11-7-9(5-6-14(11)20)12-8-22-16(18-12)10-3-1-2-4-13(10)19/h1-8,19-20H,(H2,17,21). The van der Waals surface area contributed by atoms with E-state index in [-0.39, 0.29) is 17.1 Å². The zero-order valence-electron chi connectivity index (χ0n) is 11.4. The highest BCUT2D eigenvalue weighted by atomic mass is 32.1. The van der Waals surface area contributed by atoms with Crippen molar-refractivity contribution in [2.24, 2.45) is 5.73 Å². The van der Waals surface area contributed by atoms with Crippen molar-refractivity contribution < 1.29 is 15.0 Å². The molecule has 0 saturated heterocycles. The van der Waals surface area contributed by atoms with Gasteiger partial charge in [-0.15, -0.1) is 11.3 Å². The minimum atomic E-state index is -0.699. The van der Waals surface area contributed by atoms with Crippen LogP contribution in [0.1, 0.15) is 10.4 Å². The number of carbonyl (C=O) groups is 1. The number of phenols is 2. The van der Waals surface area contributed by atoms with E-state index in [0.29, 0.717) is 21.8 Å². The molecule has 0 radical (unpaired) electrons. The molecule has 0 aliphatic carbocycles. The molecule has 3 rings (SSSR count). The Balaban J connectivity index is 2.03. The first kappa shape index (κ1) is 14.1. The fourth-order valence-corrected chi connectivity index (χ4v) is 2.94. The smallest absolute Gasteiger partial charge is 0.252 e. The van der Waals surface area contributed by atoms with Gasteiger partial charge in [-0.25, -0.2) is 4.98 Å². The van der Waals surface area contributed by atoms with Crippen LogP contribution in [0.2, 0.25) is 0 Å². The lowest BCUT2D eigenvalue weighted by Gasteiger charge is -2.03. The van der Waals surface area contributed by atoms with Crippen LogP contribution in [-0.2, 0) is 0 Å². The summed E-state index contributed by atoms with van der Waals surface area (Å²) >= 11 is 1.38. The normalized spacial score (nSPS) is 10.5. The molecular formula is C16H12N2O3S. The minimum absolute atomic E-state index is 0.0506. The van der Waals surface area contributed by atoms with Crippen LogP contribution in [0.5, 0.6) is 11.5 Å². The van der Waals surface area contributed by atoms with E-state index in [4.69, 9.17) is 5.73 Å². The second-order valence-corrected chi connectivity index (χ2v) is 5.51. The number of rotatable bonds is 3. The highest BCUT2D eigenvalue weighted by molar-refractivity contribution is 7.13. The fourth-order valence-electron chi connectivity index (χ4n) is 2.08. The third-order valence-electron chi connectivity index (χ3n) is 3.20. The number of hydrogen-bond acceptors (Lipinski definition) is 5. The number of benzene rings is 2. The molecule has 5 nitrogen and oxygen atoms in total. The minimum Gasteiger partial charge on any atom is -0.507 e. The molecule has 0 bridgehead atoms. The Labute approximate surface area is 130 Å². The van der Waals surface area contributed by atoms with Crippen LogP contribution in [-0.4, -0.2) is 21.1 Å². The Morgan fingerprint density at radius 1 is 1.09 bits per heavy atom. The Bertz CT molecular complexity index is 858. The van der Waals surface area contributed by atoms with Crippen LogP contribution in [0.3, 0.4) is 0 Å². The van der Waals surface area contributed by atoms with Crippen molar-refractivity contribution in [3.05, 3.63) is 53.4 Å². The molecule has 1 amide bonds. The van der Waals surface area contributed by atoms with Crippen molar-refractivity contribution in [3.8, 4) is 33.3 Å². The number of hydrogen-bond donors (Lipinski definition) is 3. The van der Waals surface area contributed by atoms with Gasteiger partial charge >= 0.3 is 0 Å². The van der Waals surface area contributed by atoms with Gasteiger partial charge in [-0.3, -0.25) is 4.79 Å². The van der Waals surface area contributed by atoms with Crippen molar-refractivity contribution in [2.45, 2.75) is 0 Å². The summed E-state index contributed by atoms with van der Waals surface area (Å²) in [6, 6.07) is 11.5. The van der Waals surface area contributed by atoms with Crippen molar-refractivity contribution in [2.75, 3.05) is 0 Å². The number of para-hydroxylation sites is 1. The molecule has 110 valence electrons. The van der Waals surface area contributed by atoms with Crippen LogP contribution in [0.25, 0.3) is 21.8 Å². The van der Waals surface area contributed by atoms with Crippen molar-refractivity contribution in [1.29, 1.82) is 0 Å². The number of nitrogens with two attached hydrogens (primary N) is 1. The molecule has 0 aliphatic heterocycles. The molecule has 3 aromatic rings. The van der Waals surface area contributed by atoms with E-state index in [0.717, 1.165) is 0 Å². The third kappa shape index (κ3) is 2.51. The summed E-state index contributed by atoms with van der Waals surface area (Å²) in [7, 11) is 0. The number of nitrogens with zero attached hydrogens (tertiary/aromatic N) is 1. The summed E-state index contributed by atoms with van der Waals surface area (Å²) in [6.45, 7) is 0. The monoisotopic (exact) mass is 312 g/mol. The first-order valence-corrected chi connectivity index (χ1v) is 7.31. The highest BCUT2D eigenvalue weighted by Crippen LogP contribution is 2.34. The van der Waals surface area contributed by atoms with Crippen molar-refractivity contribution >= 4 is 17.2 Å². The molecule has 0 atom stereocenters. The predicted octanol–water partition coefficient (Wildman–Crippen LogP) is 2.99. The average molecular weight is 312 g/mol. The average Bonchev–Trinajstić information content (AvgIpc) is 2.97. The Morgan fingerprint density at radius 3 is 2.59 bits per heavy atom. The Hall–Kier alpha value is -2.86. The Morgan fingerprint density at radius 2 is 1.86 bits per heavy atom. The molecule has 0 aliphatic rings. The molecule has 22 heavy (non-hydrogen) atoms. The maximum Gasteiger partial charge on any atom is 0.252 e. The van der Waals surface area contributed by atoms with Gasteiger partial charge in [-0.05, 0) is 30.3 Å². The van der Waals surface area contributed by atoms with E-state index >= 15 is 0 Å². The number of amides is 1. The molecule has 1 heterocycles. The molecule has 0 fully saturated rings. The quantitative estimate of drug-likeness (QED) is 0.692. The summed E-state index contributed by atoms with van der Waals surface area (Å²) in [6.07, 6.45) is 0. The largest absolute Gasteiger partial charge is 0.507 e. The van der Waals surface area contributed by atoms with E-state index in [1.165, 1.54) is 23.5 Å². The molecule has 0 saturated carbocycles. The van der Waals surface area contributed by atoms with Gasteiger partial charge in [0.2, 0.25) is 0 Å². The number of primary amides is 1. The number of thiazole rings is 1.